The molecule has 3 aromatic rings. The summed E-state index contributed by atoms with van der Waals surface area (Å²) < 4.78 is 0. The number of para-hydroxylation sites is 1. The van der Waals surface area contributed by atoms with E-state index in [9.17, 15) is 4.79 Å². The van der Waals surface area contributed by atoms with Crippen molar-refractivity contribution in [3.05, 3.63) is 65.7 Å². The number of benzene rings is 2. The first-order valence-electron chi connectivity index (χ1n) is 7.24. The van der Waals surface area contributed by atoms with Gasteiger partial charge in [-0.3, -0.25) is 15.6 Å². The topological polar surface area (TPSA) is 54.0 Å². The summed E-state index contributed by atoms with van der Waals surface area (Å²) in [6, 6.07) is 17.3. The highest BCUT2D eigenvalue weighted by molar-refractivity contribution is 7.98. The van der Waals surface area contributed by atoms with Crippen molar-refractivity contribution in [1.29, 1.82) is 0 Å². The van der Waals surface area contributed by atoms with Crippen molar-refractivity contribution >= 4 is 34.4 Å². The lowest BCUT2D eigenvalue weighted by Gasteiger charge is -2.10. The molecule has 1 amide bonds. The third kappa shape index (κ3) is 3.46. The number of fused-ring (bicyclic) bond motifs is 1. The summed E-state index contributed by atoms with van der Waals surface area (Å²) in [6.45, 7) is 2.03. The number of carbonyl (C=O) groups is 1. The Balaban J connectivity index is 1.76. The predicted octanol–water partition coefficient (Wildman–Crippen LogP) is 4.02. The standard InChI is InChI=1S/C18H17N3OS/c1-12-10-17(19-16-9-4-3-8-15(12)16)20-21-18(22)13-6-5-7-14(11-13)23-2/h3-11H,1-2H3,(H,19,20)(H,21,22). The van der Waals surface area contributed by atoms with Crippen LogP contribution in [-0.2, 0) is 0 Å². The number of anilines is 1. The number of hydrazine groups is 1. The minimum absolute atomic E-state index is 0.187. The number of rotatable bonds is 4. The van der Waals surface area contributed by atoms with Crippen LogP contribution in [0.25, 0.3) is 10.9 Å². The second-order valence-electron chi connectivity index (χ2n) is 5.15. The van der Waals surface area contributed by atoms with Crippen molar-refractivity contribution in [1.82, 2.24) is 10.4 Å². The maximum absolute atomic E-state index is 12.2. The zero-order valence-electron chi connectivity index (χ0n) is 13.0. The number of aromatic nitrogens is 1. The zero-order valence-corrected chi connectivity index (χ0v) is 13.8. The van der Waals surface area contributed by atoms with Crippen LogP contribution in [0.5, 0.6) is 0 Å². The van der Waals surface area contributed by atoms with E-state index in [0.29, 0.717) is 11.4 Å². The summed E-state index contributed by atoms with van der Waals surface area (Å²) in [4.78, 5) is 17.8. The van der Waals surface area contributed by atoms with Crippen LogP contribution in [0.3, 0.4) is 0 Å². The Bertz CT molecular complexity index is 864. The van der Waals surface area contributed by atoms with Crippen molar-refractivity contribution in [2.75, 3.05) is 11.7 Å². The Kier molecular flexibility index (Phi) is 4.48. The maximum Gasteiger partial charge on any atom is 0.269 e. The third-order valence-corrected chi connectivity index (χ3v) is 4.28. The fourth-order valence-corrected chi connectivity index (χ4v) is 2.83. The molecular weight excluding hydrogens is 306 g/mol. The number of nitrogens with one attached hydrogen (secondary N) is 2. The van der Waals surface area contributed by atoms with Crippen LogP contribution in [0.2, 0.25) is 0 Å². The summed E-state index contributed by atoms with van der Waals surface area (Å²) in [7, 11) is 0. The Morgan fingerprint density at radius 1 is 1.09 bits per heavy atom. The first-order chi connectivity index (χ1) is 11.2. The van der Waals surface area contributed by atoms with E-state index in [2.05, 4.69) is 15.8 Å². The number of carbonyl (C=O) groups excluding carboxylic acids is 1. The molecule has 0 radical (unpaired) electrons. The Labute approximate surface area is 139 Å². The average molecular weight is 323 g/mol. The molecule has 23 heavy (non-hydrogen) atoms. The maximum atomic E-state index is 12.2. The summed E-state index contributed by atoms with van der Waals surface area (Å²) >= 11 is 1.61. The zero-order chi connectivity index (χ0) is 16.2. The molecule has 2 N–H and O–H groups in total. The van der Waals surface area contributed by atoms with Gasteiger partial charge in [-0.2, -0.15) is 0 Å². The molecular formula is C18H17N3OS. The highest BCUT2D eigenvalue weighted by atomic mass is 32.2. The molecule has 1 heterocycles. The number of thioether (sulfide) groups is 1. The van der Waals surface area contributed by atoms with E-state index < -0.39 is 0 Å². The van der Waals surface area contributed by atoms with Crippen LogP contribution in [0, 0.1) is 6.92 Å². The van der Waals surface area contributed by atoms with E-state index in [4.69, 9.17) is 0 Å². The van der Waals surface area contributed by atoms with Gasteiger partial charge in [-0.1, -0.05) is 24.3 Å². The van der Waals surface area contributed by atoms with Gasteiger partial charge in [0.05, 0.1) is 5.52 Å². The third-order valence-electron chi connectivity index (χ3n) is 3.56. The van der Waals surface area contributed by atoms with Crippen molar-refractivity contribution in [2.45, 2.75) is 11.8 Å². The lowest BCUT2D eigenvalue weighted by molar-refractivity contribution is 0.0962. The molecule has 1 aromatic heterocycles. The molecule has 0 aliphatic heterocycles. The monoisotopic (exact) mass is 323 g/mol. The Morgan fingerprint density at radius 3 is 2.74 bits per heavy atom. The highest BCUT2D eigenvalue weighted by Crippen LogP contribution is 2.19. The molecule has 0 saturated heterocycles. The SMILES string of the molecule is CSc1cccc(C(=O)NNc2cc(C)c3ccccc3n2)c1. The van der Waals surface area contributed by atoms with Gasteiger partial charge in [-0.15, -0.1) is 11.8 Å². The van der Waals surface area contributed by atoms with Gasteiger partial charge in [0, 0.05) is 15.8 Å². The van der Waals surface area contributed by atoms with Gasteiger partial charge in [0.2, 0.25) is 0 Å². The van der Waals surface area contributed by atoms with Crippen molar-refractivity contribution in [3.63, 3.8) is 0 Å². The molecule has 5 heteroatoms. The number of hydrogen-bond donors (Lipinski definition) is 2. The number of hydrogen-bond acceptors (Lipinski definition) is 4. The number of amides is 1. The van der Waals surface area contributed by atoms with Crippen LogP contribution >= 0.6 is 11.8 Å². The van der Waals surface area contributed by atoms with Crippen LogP contribution in [0.4, 0.5) is 5.82 Å². The van der Waals surface area contributed by atoms with E-state index in [-0.39, 0.29) is 5.91 Å². The fraction of sp³-hybridized carbons (Fsp3) is 0.111. The molecule has 0 spiro atoms. The van der Waals surface area contributed by atoms with Gasteiger partial charge in [-0.05, 0) is 49.1 Å². The van der Waals surface area contributed by atoms with E-state index in [1.165, 1.54) is 0 Å². The molecule has 0 fully saturated rings. The second-order valence-corrected chi connectivity index (χ2v) is 6.03. The van der Waals surface area contributed by atoms with Gasteiger partial charge < -0.3 is 0 Å². The van der Waals surface area contributed by atoms with E-state index in [1.54, 1.807) is 17.8 Å². The van der Waals surface area contributed by atoms with Crippen LogP contribution < -0.4 is 10.9 Å². The minimum Gasteiger partial charge on any atom is -0.282 e. The highest BCUT2D eigenvalue weighted by Gasteiger charge is 2.07. The summed E-state index contributed by atoms with van der Waals surface area (Å²) in [6.07, 6.45) is 1.98. The lowest BCUT2D eigenvalue weighted by atomic mass is 10.1. The molecule has 0 unspecified atom stereocenters. The smallest absolute Gasteiger partial charge is 0.269 e. The molecule has 116 valence electrons. The molecule has 4 nitrogen and oxygen atoms in total. The minimum atomic E-state index is -0.187. The van der Waals surface area contributed by atoms with Crippen molar-refractivity contribution in [2.24, 2.45) is 0 Å². The average Bonchev–Trinajstić information content (AvgIpc) is 2.60. The van der Waals surface area contributed by atoms with Crippen LogP contribution in [0.1, 0.15) is 15.9 Å². The lowest BCUT2D eigenvalue weighted by Crippen LogP contribution is -2.29. The Morgan fingerprint density at radius 2 is 1.91 bits per heavy atom. The fourth-order valence-electron chi connectivity index (χ4n) is 2.37. The molecule has 2 aromatic carbocycles. The van der Waals surface area contributed by atoms with E-state index >= 15 is 0 Å². The van der Waals surface area contributed by atoms with Crippen molar-refractivity contribution < 1.29 is 4.79 Å². The first kappa shape index (κ1) is 15.4. The second kappa shape index (κ2) is 6.71. The van der Waals surface area contributed by atoms with Crippen LogP contribution in [0.15, 0.2) is 59.5 Å². The molecule has 3 rings (SSSR count). The summed E-state index contributed by atoms with van der Waals surface area (Å²) in [5, 5.41) is 1.11. The molecule has 0 aliphatic carbocycles. The summed E-state index contributed by atoms with van der Waals surface area (Å²) in [5.41, 5.74) is 8.21. The molecule has 0 saturated carbocycles. The predicted molar refractivity (Wildman–Crippen MR) is 95.8 cm³/mol. The van der Waals surface area contributed by atoms with Gasteiger partial charge in [0.25, 0.3) is 5.91 Å². The first-order valence-corrected chi connectivity index (χ1v) is 8.46. The van der Waals surface area contributed by atoms with Crippen LogP contribution in [-0.4, -0.2) is 17.1 Å². The Hall–Kier alpha value is -2.53. The van der Waals surface area contributed by atoms with Gasteiger partial charge in [0.1, 0.15) is 5.82 Å². The quantitative estimate of drug-likeness (QED) is 0.562. The van der Waals surface area contributed by atoms with Gasteiger partial charge in [-0.25, -0.2) is 4.98 Å². The molecule has 0 atom stereocenters. The van der Waals surface area contributed by atoms with E-state index in [0.717, 1.165) is 21.4 Å². The molecule has 0 aliphatic rings. The van der Waals surface area contributed by atoms with Crippen molar-refractivity contribution in [3.8, 4) is 0 Å². The number of pyridine rings is 1. The molecule has 0 bridgehead atoms. The van der Waals surface area contributed by atoms with E-state index in [1.807, 2.05) is 61.7 Å². The normalized spacial score (nSPS) is 10.5. The largest absolute Gasteiger partial charge is 0.282 e. The van der Waals surface area contributed by atoms with Gasteiger partial charge >= 0.3 is 0 Å². The number of aryl methyl sites for hydroxylation is 1. The number of nitrogens with zero attached hydrogens (tertiary/aromatic N) is 1. The summed E-state index contributed by atoms with van der Waals surface area (Å²) in [5.74, 6) is 0.434. The van der Waals surface area contributed by atoms with Gasteiger partial charge in [0.15, 0.2) is 0 Å².